The molecule has 0 amide bonds. The lowest BCUT2D eigenvalue weighted by Crippen LogP contribution is -2.33. The van der Waals surface area contributed by atoms with Gasteiger partial charge >= 0.3 is 7.12 Å². The summed E-state index contributed by atoms with van der Waals surface area (Å²) in [5.74, 6) is 0. The molecule has 2 N–H and O–H groups in total. The van der Waals surface area contributed by atoms with E-state index in [-0.39, 0.29) is 0 Å². The first-order chi connectivity index (χ1) is 7.20. The Bertz CT molecular complexity index is 348. The molecule has 0 aliphatic carbocycles. The maximum Gasteiger partial charge on any atom is 0.488 e. The van der Waals surface area contributed by atoms with Crippen LogP contribution < -0.4 is 10.4 Å². The van der Waals surface area contributed by atoms with Crippen LogP contribution in [-0.2, 0) is 0 Å². The van der Waals surface area contributed by atoms with Gasteiger partial charge in [0, 0.05) is 18.8 Å². The van der Waals surface area contributed by atoms with E-state index in [9.17, 15) is 10.0 Å². The fraction of sp³-hybridized carbons (Fsp3) is 0.455. The maximum atomic E-state index is 9.21. The van der Waals surface area contributed by atoms with E-state index in [1.807, 2.05) is 19.1 Å². The standard InChI is InChI=1S/C11H16BNO2/c1-9-10(12(14)15)5-4-6-11(9)13-7-2-3-8-13/h4-6,14-15H,2-3,7-8H2,1H3. The van der Waals surface area contributed by atoms with Crippen LogP contribution in [0.5, 0.6) is 0 Å². The van der Waals surface area contributed by atoms with E-state index in [4.69, 9.17) is 0 Å². The van der Waals surface area contributed by atoms with Gasteiger partial charge in [0.25, 0.3) is 0 Å². The van der Waals surface area contributed by atoms with Crippen molar-refractivity contribution in [2.45, 2.75) is 19.8 Å². The first-order valence-electron chi connectivity index (χ1n) is 5.41. The van der Waals surface area contributed by atoms with Gasteiger partial charge in [-0.25, -0.2) is 0 Å². The predicted molar refractivity (Wildman–Crippen MR) is 62.5 cm³/mol. The molecule has 3 nitrogen and oxygen atoms in total. The number of nitrogens with zero attached hydrogens (tertiary/aromatic N) is 1. The fourth-order valence-electron chi connectivity index (χ4n) is 2.22. The third-order valence-electron chi connectivity index (χ3n) is 3.07. The van der Waals surface area contributed by atoms with Crippen molar-refractivity contribution < 1.29 is 10.0 Å². The van der Waals surface area contributed by atoms with Gasteiger partial charge in [-0.05, 0) is 36.9 Å². The van der Waals surface area contributed by atoms with Crippen LogP contribution in [0.3, 0.4) is 0 Å². The van der Waals surface area contributed by atoms with Gasteiger partial charge in [-0.2, -0.15) is 0 Å². The van der Waals surface area contributed by atoms with Crippen LogP contribution in [0.25, 0.3) is 0 Å². The first-order valence-corrected chi connectivity index (χ1v) is 5.41. The molecule has 0 unspecified atom stereocenters. The number of rotatable bonds is 2. The molecule has 80 valence electrons. The molecular weight excluding hydrogens is 189 g/mol. The first kappa shape index (κ1) is 10.5. The number of anilines is 1. The van der Waals surface area contributed by atoms with Crippen LogP contribution >= 0.6 is 0 Å². The second-order valence-electron chi connectivity index (χ2n) is 4.06. The zero-order valence-corrected chi connectivity index (χ0v) is 8.98. The van der Waals surface area contributed by atoms with Gasteiger partial charge in [-0.15, -0.1) is 0 Å². The third-order valence-corrected chi connectivity index (χ3v) is 3.07. The highest BCUT2D eigenvalue weighted by atomic mass is 16.4. The van der Waals surface area contributed by atoms with Crippen molar-refractivity contribution in [3.8, 4) is 0 Å². The molecule has 15 heavy (non-hydrogen) atoms. The van der Waals surface area contributed by atoms with Crippen LogP contribution in [-0.4, -0.2) is 30.3 Å². The molecule has 4 heteroatoms. The van der Waals surface area contributed by atoms with Crippen molar-refractivity contribution in [3.63, 3.8) is 0 Å². The molecule has 1 aromatic carbocycles. The smallest absolute Gasteiger partial charge is 0.423 e. The molecule has 1 aromatic rings. The summed E-state index contributed by atoms with van der Waals surface area (Å²) in [5, 5.41) is 18.4. The van der Waals surface area contributed by atoms with Crippen LogP contribution in [0.1, 0.15) is 18.4 Å². The Morgan fingerprint density at radius 3 is 2.47 bits per heavy atom. The average molecular weight is 205 g/mol. The summed E-state index contributed by atoms with van der Waals surface area (Å²) >= 11 is 0. The Kier molecular flexibility index (Phi) is 2.98. The lowest BCUT2D eigenvalue weighted by molar-refractivity contribution is 0.425. The predicted octanol–water partition coefficient (Wildman–Crippen LogP) is 0.275. The summed E-state index contributed by atoms with van der Waals surface area (Å²) in [6, 6.07) is 5.70. The molecule has 1 fully saturated rings. The SMILES string of the molecule is Cc1c(B(O)O)cccc1N1CCCC1. The topological polar surface area (TPSA) is 43.7 Å². The zero-order valence-electron chi connectivity index (χ0n) is 8.98. The van der Waals surface area contributed by atoms with E-state index in [1.165, 1.54) is 12.8 Å². The minimum absolute atomic E-state index is 0.611. The Balaban J connectivity index is 2.34. The minimum atomic E-state index is -1.37. The summed E-state index contributed by atoms with van der Waals surface area (Å²) in [6.07, 6.45) is 2.46. The van der Waals surface area contributed by atoms with E-state index >= 15 is 0 Å². The Hall–Kier alpha value is -0.995. The van der Waals surface area contributed by atoms with Crippen molar-refractivity contribution in [1.82, 2.24) is 0 Å². The highest BCUT2D eigenvalue weighted by Gasteiger charge is 2.19. The molecule has 0 atom stereocenters. The molecule has 1 aliphatic rings. The highest BCUT2D eigenvalue weighted by molar-refractivity contribution is 6.59. The third kappa shape index (κ3) is 2.01. The summed E-state index contributed by atoms with van der Waals surface area (Å²) in [6.45, 7) is 4.10. The molecule has 0 saturated carbocycles. The molecule has 1 heterocycles. The van der Waals surface area contributed by atoms with E-state index < -0.39 is 7.12 Å². The Morgan fingerprint density at radius 1 is 1.20 bits per heavy atom. The van der Waals surface area contributed by atoms with Crippen molar-refractivity contribution in [2.75, 3.05) is 18.0 Å². The molecule has 0 spiro atoms. The van der Waals surface area contributed by atoms with Crippen LogP contribution in [0.2, 0.25) is 0 Å². The minimum Gasteiger partial charge on any atom is -0.423 e. The lowest BCUT2D eigenvalue weighted by Gasteiger charge is -2.21. The van der Waals surface area contributed by atoms with Gasteiger partial charge in [0.2, 0.25) is 0 Å². The van der Waals surface area contributed by atoms with E-state index in [0.29, 0.717) is 5.46 Å². The summed E-state index contributed by atoms with van der Waals surface area (Å²) in [5.41, 5.74) is 2.73. The number of hydrogen-bond acceptors (Lipinski definition) is 3. The fourth-order valence-corrected chi connectivity index (χ4v) is 2.22. The quantitative estimate of drug-likeness (QED) is 0.681. The van der Waals surface area contributed by atoms with Crippen molar-refractivity contribution in [2.24, 2.45) is 0 Å². The molecule has 0 radical (unpaired) electrons. The van der Waals surface area contributed by atoms with E-state index in [1.54, 1.807) is 6.07 Å². The van der Waals surface area contributed by atoms with Crippen molar-refractivity contribution in [3.05, 3.63) is 23.8 Å². The summed E-state index contributed by atoms with van der Waals surface area (Å²) in [4.78, 5) is 2.31. The molecule has 1 saturated heterocycles. The average Bonchev–Trinajstić information content (AvgIpc) is 2.70. The van der Waals surface area contributed by atoms with Crippen molar-refractivity contribution >= 4 is 18.3 Å². The molecule has 2 rings (SSSR count). The summed E-state index contributed by atoms with van der Waals surface area (Å²) in [7, 11) is -1.37. The Labute approximate surface area is 90.5 Å². The van der Waals surface area contributed by atoms with Gasteiger partial charge in [-0.3, -0.25) is 0 Å². The second-order valence-corrected chi connectivity index (χ2v) is 4.06. The van der Waals surface area contributed by atoms with Crippen LogP contribution in [0, 0.1) is 6.92 Å². The van der Waals surface area contributed by atoms with Gasteiger partial charge in [0.05, 0.1) is 0 Å². The molecule has 0 bridgehead atoms. The van der Waals surface area contributed by atoms with Crippen LogP contribution in [0.15, 0.2) is 18.2 Å². The van der Waals surface area contributed by atoms with E-state index in [0.717, 1.165) is 24.3 Å². The molecule has 0 aromatic heterocycles. The van der Waals surface area contributed by atoms with Crippen molar-refractivity contribution in [1.29, 1.82) is 0 Å². The second kappa shape index (κ2) is 4.25. The Morgan fingerprint density at radius 2 is 1.87 bits per heavy atom. The lowest BCUT2D eigenvalue weighted by atomic mass is 9.77. The largest absolute Gasteiger partial charge is 0.488 e. The molecular formula is C11H16BNO2. The van der Waals surface area contributed by atoms with Gasteiger partial charge < -0.3 is 14.9 Å². The molecule has 1 aliphatic heterocycles. The maximum absolute atomic E-state index is 9.21. The zero-order chi connectivity index (χ0) is 10.8. The van der Waals surface area contributed by atoms with Gasteiger partial charge in [0.15, 0.2) is 0 Å². The monoisotopic (exact) mass is 205 g/mol. The number of benzene rings is 1. The normalized spacial score (nSPS) is 15.8. The van der Waals surface area contributed by atoms with Crippen LogP contribution in [0.4, 0.5) is 5.69 Å². The highest BCUT2D eigenvalue weighted by Crippen LogP contribution is 2.22. The summed E-state index contributed by atoms with van der Waals surface area (Å²) < 4.78 is 0. The van der Waals surface area contributed by atoms with Gasteiger partial charge in [0.1, 0.15) is 0 Å². The number of hydrogen-bond donors (Lipinski definition) is 2. The van der Waals surface area contributed by atoms with Gasteiger partial charge in [-0.1, -0.05) is 12.1 Å². The van der Waals surface area contributed by atoms with E-state index in [2.05, 4.69) is 4.90 Å².